The SMILES string of the molecule is O=S(=O)(/C=C/c1ccccc1)N1CCc2cnc(N3CCOCC3)nc2C1. The molecule has 0 spiro atoms. The van der Waals surface area contributed by atoms with E-state index in [0.717, 1.165) is 29.9 Å². The molecule has 27 heavy (non-hydrogen) atoms. The van der Waals surface area contributed by atoms with Crippen LogP contribution in [0.4, 0.5) is 5.95 Å². The van der Waals surface area contributed by atoms with Crippen molar-refractivity contribution in [2.75, 3.05) is 37.7 Å². The van der Waals surface area contributed by atoms with Gasteiger partial charge in [-0.05, 0) is 23.6 Å². The second-order valence-electron chi connectivity index (χ2n) is 6.58. The van der Waals surface area contributed by atoms with E-state index in [1.54, 1.807) is 6.08 Å². The van der Waals surface area contributed by atoms with Crippen LogP contribution in [0.1, 0.15) is 16.8 Å². The number of benzene rings is 1. The Morgan fingerprint density at radius 3 is 2.63 bits per heavy atom. The second-order valence-corrected chi connectivity index (χ2v) is 8.40. The fourth-order valence-electron chi connectivity index (χ4n) is 3.22. The predicted molar refractivity (Wildman–Crippen MR) is 104 cm³/mol. The fraction of sp³-hybridized carbons (Fsp3) is 0.368. The number of aromatic nitrogens is 2. The van der Waals surface area contributed by atoms with Crippen LogP contribution in [0.25, 0.3) is 6.08 Å². The lowest BCUT2D eigenvalue weighted by molar-refractivity contribution is 0.122. The minimum absolute atomic E-state index is 0.274. The molecule has 0 saturated carbocycles. The Labute approximate surface area is 159 Å². The van der Waals surface area contributed by atoms with Crippen LogP contribution in [0.15, 0.2) is 41.9 Å². The summed E-state index contributed by atoms with van der Waals surface area (Å²) in [5.41, 5.74) is 2.66. The van der Waals surface area contributed by atoms with Gasteiger partial charge in [0.1, 0.15) is 0 Å². The van der Waals surface area contributed by atoms with Crippen molar-refractivity contribution in [3.8, 4) is 0 Å². The molecule has 8 heteroatoms. The van der Waals surface area contributed by atoms with E-state index in [4.69, 9.17) is 4.74 Å². The van der Waals surface area contributed by atoms with Crippen LogP contribution in [0.2, 0.25) is 0 Å². The van der Waals surface area contributed by atoms with Crippen LogP contribution >= 0.6 is 0 Å². The van der Waals surface area contributed by atoms with Gasteiger partial charge in [-0.3, -0.25) is 0 Å². The van der Waals surface area contributed by atoms with Gasteiger partial charge in [0.05, 0.1) is 25.5 Å². The molecule has 0 N–H and O–H groups in total. The molecule has 0 bridgehead atoms. The van der Waals surface area contributed by atoms with Crippen LogP contribution < -0.4 is 4.90 Å². The lowest BCUT2D eigenvalue weighted by Gasteiger charge is -2.29. The smallest absolute Gasteiger partial charge is 0.236 e. The molecule has 3 heterocycles. The number of morpholine rings is 1. The molecule has 4 rings (SSSR count). The summed E-state index contributed by atoms with van der Waals surface area (Å²) in [6, 6.07) is 9.42. The third-order valence-electron chi connectivity index (χ3n) is 4.78. The maximum absolute atomic E-state index is 12.7. The third kappa shape index (κ3) is 4.18. The molecular weight excluding hydrogens is 364 g/mol. The first-order chi connectivity index (χ1) is 13.1. The molecule has 0 atom stereocenters. The topological polar surface area (TPSA) is 75.6 Å². The minimum Gasteiger partial charge on any atom is -0.378 e. The van der Waals surface area contributed by atoms with Crippen LogP contribution in [0, 0.1) is 0 Å². The van der Waals surface area contributed by atoms with E-state index >= 15 is 0 Å². The summed E-state index contributed by atoms with van der Waals surface area (Å²) in [7, 11) is -3.50. The fourth-order valence-corrected chi connectivity index (χ4v) is 4.37. The van der Waals surface area contributed by atoms with Crippen LogP contribution in [0.5, 0.6) is 0 Å². The van der Waals surface area contributed by atoms with Crippen molar-refractivity contribution in [1.82, 2.24) is 14.3 Å². The molecule has 0 radical (unpaired) electrons. The van der Waals surface area contributed by atoms with E-state index < -0.39 is 10.0 Å². The van der Waals surface area contributed by atoms with E-state index in [9.17, 15) is 8.42 Å². The average Bonchev–Trinajstić information content (AvgIpc) is 2.73. The Morgan fingerprint density at radius 1 is 1.07 bits per heavy atom. The molecular formula is C19H22N4O3S. The van der Waals surface area contributed by atoms with Gasteiger partial charge in [-0.2, -0.15) is 4.31 Å². The van der Waals surface area contributed by atoms with Crippen molar-refractivity contribution < 1.29 is 13.2 Å². The zero-order valence-electron chi connectivity index (χ0n) is 15.0. The van der Waals surface area contributed by atoms with Crippen molar-refractivity contribution in [3.05, 3.63) is 58.8 Å². The molecule has 0 amide bonds. The van der Waals surface area contributed by atoms with E-state index in [-0.39, 0.29) is 6.54 Å². The number of rotatable bonds is 4. The van der Waals surface area contributed by atoms with Gasteiger partial charge in [-0.1, -0.05) is 30.3 Å². The third-order valence-corrected chi connectivity index (χ3v) is 6.30. The summed E-state index contributed by atoms with van der Waals surface area (Å²) < 4.78 is 32.3. The highest BCUT2D eigenvalue weighted by Crippen LogP contribution is 2.22. The molecule has 7 nitrogen and oxygen atoms in total. The zero-order valence-corrected chi connectivity index (χ0v) is 15.8. The summed E-state index contributed by atoms with van der Waals surface area (Å²) in [6.45, 7) is 3.53. The largest absolute Gasteiger partial charge is 0.378 e. The van der Waals surface area contributed by atoms with Gasteiger partial charge in [0.15, 0.2) is 0 Å². The first kappa shape index (κ1) is 18.1. The van der Waals surface area contributed by atoms with Crippen LogP contribution in [-0.2, 0) is 27.7 Å². The number of fused-ring (bicyclic) bond motifs is 1. The lowest BCUT2D eigenvalue weighted by Crippen LogP contribution is -2.39. The number of hydrogen-bond acceptors (Lipinski definition) is 6. The number of ether oxygens (including phenoxy) is 1. The molecule has 0 aliphatic carbocycles. The summed E-state index contributed by atoms with van der Waals surface area (Å²) >= 11 is 0. The molecule has 1 saturated heterocycles. The van der Waals surface area contributed by atoms with Gasteiger partial charge in [0.25, 0.3) is 0 Å². The van der Waals surface area contributed by atoms with Crippen LogP contribution in [-0.4, -0.2) is 55.5 Å². The zero-order chi connectivity index (χ0) is 18.7. The van der Waals surface area contributed by atoms with Gasteiger partial charge < -0.3 is 9.64 Å². The maximum Gasteiger partial charge on any atom is 0.236 e. The second kappa shape index (κ2) is 7.75. The van der Waals surface area contributed by atoms with Crippen molar-refractivity contribution in [2.24, 2.45) is 0 Å². The van der Waals surface area contributed by atoms with E-state index in [1.165, 1.54) is 9.71 Å². The Bertz CT molecular complexity index is 925. The summed E-state index contributed by atoms with van der Waals surface area (Å²) in [5, 5.41) is 1.28. The molecule has 1 fully saturated rings. The molecule has 2 aliphatic rings. The molecule has 2 aliphatic heterocycles. The van der Waals surface area contributed by atoms with Gasteiger partial charge in [0.2, 0.25) is 16.0 Å². The van der Waals surface area contributed by atoms with Crippen molar-refractivity contribution in [1.29, 1.82) is 0 Å². The first-order valence-corrected chi connectivity index (χ1v) is 10.5. The molecule has 2 aromatic rings. The summed E-state index contributed by atoms with van der Waals surface area (Å²) in [4.78, 5) is 11.2. The Hall–Kier alpha value is -2.29. The van der Waals surface area contributed by atoms with Gasteiger partial charge in [0, 0.05) is 31.2 Å². The lowest BCUT2D eigenvalue weighted by atomic mass is 10.1. The summed E-state index contributed by atoms with van der Waals surface area (Å²) in [6.07, 6.45) is 4.08. The molecule has 1 aromatic carbocycles. The first-order valence-electron chi connectivity index (χ1n) is 9.02. The van der Waals surface area contributed by atoms with Gasteiger partial charge in [-0.25, -0.2) is 18.4 Å². The van der Waals surface area contributed by atoms with Crippen molar-refractivity contribution >= 4 is 22.0 Å². The highest BCUT2D eigenvalue weighted by molar-refractivity contribution is 7.92. The summed E-state index contributed by atoms with van der Waals surface area (Å²) in [5.74, 6) is 0.649. The van der Waals surface area contributed by atoms with E-state index in [2.05, 4.69) is 14.9 Å². The maximum atomic E-state index is 12.7. The number of hydrogen-bond donors (Lipinski definition) is 0. The number of sulfonamides is 1. The van der Waals surface area contributed by atoms with Crippen molar-refractivity contribution in [2.45, 2.75) is 13.0 Å². The Balaban J connectivity index is 1.52. The van der Waals surface area contributed by atoms with Gasteiger partial charge in [-0.15, -0.1) is 0 Å². The Morgan fingerprint density at radius 2 is 1.85 bits per heavy atom. The molecule has 0 unspecified atom stereocenters. The highest BCUT2D eigenvalue weighted by atomic mass is 32.2. The van der Waals surface area contributed by atoms with Crippen molar-refractivity contribution in [3.63, 3.8) is 0 Å². The molecule has 142 valence electrons. The average molecular weight is 386 g/mol. The predicted octanol–water partition coefficient (Wildman–Crippen LogP) is 1.67. The van der Waals surface area contributed by atoms with E-state index in [0.29, 0.717) is 32.1 Å². The monoisotopic (exact) mass is 386 g/mol. The Kier molecular flexibility index (Phi) is 5.20. The standard InChI is InChI=1S/C19H22N4O3S/c24-27(25,13-7-16-4-2-1-3-5-16)23-8-6-17-14-20-19(21-18(17)15-23)22-9-11-26-12-10-22/h1-5,7,13-14H,6,8-12,15H2/b13-7+. The molecule has 1 aromatic heterocycles. The number of anilines is 1. The van der Waals surface area contributed by atoms with Crippen LogP contribution in [0.3, 0.4) is 0 Å². The minimum atomic E-state index is -3.50. The van der Waals surface area contributed by atoms with Gasteiger partial charge >= 0.3 is 0 Å². The number of nitrogens with zero attached hydrogens (tertiary/aromatic N) is 4. The quantitative estimate of drug-likeness (QED) is 0.796. The highest BCUT2D eigenvalue weighted by Gasteiger charge is 2.27. The normalized spacial score (nSPS) is 18.6. The van der Waals surface area contributed by atoms with E-state index in [1.807, 2.05) is 36.5 Å².